The van der Waals surface area contributed by atoms with Crippen LogP contribution in [0.5, 0.6) is 0 Å². The third-order valence-corrected chi connectivity index (χ3v) is 6.28. The van der Waals surface area contributed by atoms with Gasteiger partial charge in [0, 0.05) is 45.0 Å². The lowest BCUT2D eigenvalue weighted by molar-refractivity contribution is 0.0691. The van der Waals surface area contributed by atoms with Crippen molar-refractivity contribution in [3.63, 3.8) is 0 Å². The molecule has 138 valence electrons. The summed E-state index contributed by atoms with van der Waals surface area (Å²) >= 11 is 0. The van der Waals surface area contributed by atoms with E-state index < -0.39 is 10.2 Å². The zero-order valence-corrected chi connectivity index (χ0v) is 14.5. The molecular weight excluding hydrogens is 351 g/mol. The van der Waals surface area contributed by atoms with Crippen LogP contribution in [-0.4, -0.2) is 80.4 Å². The molecule has 0 saturated carbocycles. The number of rotatable bonds is 3. The topological polar surface area (TPSA) is 82.2 Å². The summed E-state index contributed by atoms with van der Waals surface area (Å²) in [6.45, 7) is 2.61. The van der Waals surface area contributed by atoms with Gasteiger partial charge in [0.25, 0.3) is 10.2 Å². The molecule has 10 heteroatoms. The second kappa shape index (κ2) is 7.65. The summed E-state index contributed by atoms with van der Waals surface area (Å²) in [6.07, 6.45) is 0. The maximum atomic E-state index is 12.9. The first-order valence-corrected chi connectivity index (χ1v) is 9.51. The molecule has 2 saturated heterocycles. The lowest BCUT2D eigenvalue weighted by Crippen LogP contribution is -2.56. The van der Waals surface area contributed by atoms with Gasteiger partial charge in [0.15, 0.2) is 0 Å². The molecule has 1 aromatic carbocycles. The highest BCUT2D eigenvalue weighted by Gasteiger charge is 2.34. The molecular formula is C15H21FN4O4S. The van der Waals surface area contributed by atoms with E-state index in [0.717, 1.165) is 0 Å². The Hall–Kier alpha value is -1.75. The first-order chi connectivity index (χ1) is 12.0. The normalized spacial score (nSPS) is 20.4. The second-order valence-corrected chi connectivity index (χ2v) is 7.77. The molecule has 0 radical (unpaired) electrons. The molecule has 0 unspecified atom stereocenters. The fraction of sp³-hybridized carbons (Fsp3) is 0.533. The van der Waals surface area contributed by atoms with E-state index in [1.807, 2.05) is 0 Å². The molecule has 25 heavy (non-hydrogen) atoms. The molecule has 1 aromatic rings. The van der Waals surface area contributed by atoms with Crippen molar-refractivity contribution < 1.29 is 22.3 Å². The van der Waals surface area contributed by atoms with Crippen LogP contribution >= 0.6 is 0 Å². The van der Waals surface area contributed by atoms with Crippen LogP contribution in [0.15, 0.2) is 24.3 Å². The Morgan fingerprint density at radius 3 is 2.12 bits per heavy atom. The minimum Gasteiger partial charge on any atom is -0.379 e. The first-order valence-electron chi connectivity index (χ1n) is 8.11. The van der Waals surface area contributed by atoms with Crippen molar-refractivity contribution in [2.75, 3.05) is 57.8 Å². The van der Waals surface area contributed by atoms with Gasteiger partial charge in [-0.3, -0.25) is 0 Å². The summed E-state index contributed by atoms with van der Waals surface area (Å²) in [7, 11) is -3.51. The van der Waals surface area contributed by atoms with Crippen LogP contribution in [-0.2, 0) is 14.9 Å². The van der Waals surface area contributed by atoms with Gasteiger partial charge in [-0.1, -0.05) is 0 Å². The van der Waals surface area contributed by atoms with Gasteiger partial charge >= 0.3 is 6.03 Å². The molecule has 2 fully saturated rings. The molecule has 8 nitrogen and oxygen atoms in total. The maximum absolute atomic E-state index is 12.9. The molecule has 2 heterocycles. The number of piperazine rings is 1. The molecule has 0 spiro atoms. The Kier molecular flexibility index (Phi) is 5.52. The molecule has 2 amide bonds. The Bertz CT molecular complexity index is 699. The number of ether oxygens (including phenoxy) is 1. The van der Waals surface area contributed by atoms with Crippen molar-refractivity contribution in [3.8, 4) is 0 Å². The number of urea groups is 1. The zero-order chi connectivity index (χ0) is 17.9. The van der Waals surface area contributed by atoms with Crippen LogP contribution in [0.25, 0.3) is 0 Å². The number of nitrogens with zero attached hydrogens (tertiary/aromatic N) is 3. The van der Waals surface area contributed by atoms with E-state index in [-0.39, 0.29) is 24.9 Å². The lowest BCUT2D eigenvalue weighted by Gasteiger charge is -2.37. The van der Waals surface area contributed by atoms with Crippen LogP contribution in [0.2, 0.25) is 0 Å². The predicted molar refractivity (Wildman–Crippen MR) is 89.9 cm³/mol. The molecule has 0 atom stereocenters. The van der Waals surface area contributed by atoms with E-state index in [2.05, 4.69) is 5.32 Å². The van der Waals surface area contributed by atoms with Crippen molar-refractivity contribution in [1.29, 1.82) is 0 Å². The molecule has 2 aliphatic rings. The average Bonchev–Trinajstić information content (AvgIpc) is 2.64. The van der Waals surface area contributed by atoms with Gasteiger partial charge in [0.2, 0.25) is 0 Å². The van der Waals surface area contributed by atoms with Crippen molar-refractivity contribution in [1.82, 2.24) is 13.5 Å². The Morgan fingerprint density at radius 1 is 0.960 bits per heavy atom. The Balaban J connectivity index is 1.54. The number of carbonyl (C=O) groups is 1. The van der Waals surface area contributed by atoms with E-state index in [0.29, 0.717) is 45.1 Å². The van der Waals surface area contributed by atoms with Crippen LogP contribution in [0, 0.1) is 5.82 Å². The Morgan fingerprint density at radius 2 is 1.52 bits per heavy atom. The number of anilines is 1. The third kappa shape index (κ3) is 4.27. The summed E-state index contributed by atoms with van der Waals surface area (Å²) < 4.78 is 46.1. The fourth-order valence-corrected chi connectivity index (χ4v) is 4.36. The number of morpholine rings is 1. The second-order valence-electron chi connectivity index (χ2n) is 5.84. The highest BCUT2D eigenvalue weighted by atomic mass is 32.2. The quantitative estimate of drug-likeness (QED) is 0.840. The summed E-state index contributed by atoms with van der Waals surface area (Å²) in [5, 5.41) is 2.68. The standard InChI is InChI=1S/C15H21FN4O4S/c16-13-1-3-14(4-2-13)17-15(21)18-5-7-19(8-6-18)25(22,23)20-9-11-24-12-10-20/h1-4H,5-12H2,(H,17,21). The van der Waals surface area contributed by atoms with Gasteiger partial charge < -0.3 is 15.0 Å². The van der Waals surface area contributed by atoms with Crippen LogP contribution in [0.4, 0.5) is 14.9 Å². The molecule has 0 aliphatic carbocycles. The van der Waals surface area contributed by atoms with E-state index in [1.165, 1.54) is 32.9 Å². The highest BCUT2D eigenvalue weighted by Crippen LogP contribution is 2.15. The van der Waals surface area contributed by atoms with E-state index >= 15 is 0 Å². The van der Waals surface area contributed by atoms with E-state index in [1.54, 1.807) is 4.90 Å². The largest absolute Gasteiger partial charge is 0.379 e. The zero-order valence-electron chi connectivity index (χ0n) is 13.7. The molecule has 1 N–H and O–H groups in total. The SMILES string of the molecule is O=C(Nc1ccc(F)cc1)N1CCN(S(=O)(=O)N2CCOCC2)CC1. The van der Waals surface area contributed by atoms with Crippen molar-refractivity contribution >= 4 is 21.9 Å². The monoisotopic (exact) mass is 372 g/mol. The fourth-order valence-electron chi connectivity index (χ4n) is 2.80. The van der Waals surface area contributed by atoms with E-state index in [9.17, 15) is 17.6 Å². The number of hydrogen-bond acceptors (Lipinski definition) is 4. The highest BCUT2D eigenvalue weighted by molar-refractivity contribution is 7.86. The van der Waals surface area contributed by atoms with E-state index in [4.69, 9.17) is 4.74 Å². The molecule has 0 bridgehead atoms. The number of nitrogens with one attached hydrogen (secondary N) is 1. The number of hydrogen-bond donors (Lipinski definition) is 1. The van der Waals surface area contributed by atoms with Gasteiger partial charge in [0.1, 0.15) is 5.82 Å². The predicted octanol–water partition coefficient (Wildman–Crippen LogP) is 0.552. The van der Waals surface area contributed by atoms with Gasteiger partial charge in [-0.2, -0.15) is 17.0 Å². The molecule has 3 rings (SSSR count). The van der Waals surface area contributed by atoms with Gasteiger partial charge in [-0.25, -0.2) is 9.18 Å². The summed E-state index contributed by atoms with van der Waals surface area (Å²) in [6, 6.07) is 5.17. The molecule has 2 aliphatic heterocycles. The lowest BCUT2D eigenvalue weighted by atomic mass is 10.3. The van der Waals surface area contributed by atoms with Gasteiger partial charge in [-0.15, -0.1) is 0 Å². The number of amides is 2. The minimum absolute atomic E-state index is 0.247. The van der Waals surface area contributed by atoms with Crippen LogP contribution in [0.1, 0.15) is 0 Å². The Labute approximate surface area is 146 Å². The maximum Gasteiger partial charge on any atom is 0.321 e. The number of benzene rings is 1. The van der Waals surface area contributed by atoms with Gasteiger partial charge in [-0.05, 0) is 24.3 Å². The molecule has 0 aromatic heterocycles. The smallest absolute Gasteiger partial charge is 0.321 e. The van der Waals surface area contributed by atoms with Gasteiger partial charge in [0.05, 0.1) is 13.2 Å². The number of carbonyl (C=O) groups excluding carboxylic acids is 1. The summed E-state index contributed by atoms with van der Waals surface area (Å²) in [5.74, 6) is -0.375. The van der Waals surface area contributed by atoms with Crippen LogP contribution < -0.4 is 5.32 Å². The van der Waals surface area contributed by atoms with Crippen LogP contribution in [0.3, 0.4) is 0 Å². The third-order valence-electron chi connectivity index (χ3n) is 4.24. The first kappa shape index (κ1) is 18.1. The average molecular weight is 372 g/mol. The van der Waals surface area contributed by atoms with Crippen molar-refractivity contribution in [2.45, 2.75) is 0 Å². The number of halogens is 1. The summed E-state index contributed by atoms with van der Waals surface area (Å²) in [4.78, 5) is 13.8. The van der Waals surface area contributed by atoms with Crippen molar-refractivity contribution in [3.05, 3.63) is 30.1 Å². The summed E-state index contributed by atoms with van der Waals surface area (Å²) in [5.41, 5.74) is 0.495. The minimum atomic E-state index is -3.51. The van der Waals surface area contributed by atoms with Crippen molar-refractivity contribution in [2.24, 2.45) is 0 Å².